The summed E-state index contributed by atoms with van der Waals surface area (Å²) < 4.78 is 0. The molecule has 0 unspecified atom stereocenters. The van der Waals surface area contributed by atoms with Crippen molar-refractivity contribution in [3.05, 3.63) is 33.9 Å². The van der Waals surface area contributed by atoms with Crippen LogP contribution < -0.4 is 10.6 Å². The quantitative estimate of drug-likeness (QED) is 0.597. The fourth-order valence-corrected chi connectivity index (χ4v) is 1.93. The minimum atomic E-state index is -0.460. The number of amides is 2. The zero-order chi connectivity index (χ0) is 15.8. The maximum atomic E-state index is 11.7. The molecule has 0 saturated carbocycles. The van der Waals surface area contributed by atoms with Crippen molar-refractivity contribution in [1.82, 2.24) is 10.2 Å². The minimum absolute atomic E-state index is 0.00376. The van der Waals surface area contributed by atoms with Gasteiger partial charge in [0.05, 0.1) is 4.92 Å². The largest absolute Gasteiger partial charge is 0.337 e. The highest BCUT2D eigenvalue weighted by molar-refractivity contribution is 5.89. The molecular weight excluding hydrogens is 272 g/mol. The number of aryl methyl sites for hydroxylation is 1. The molecule has 1 aromatic rings. The second-order valence-electron chi connectivity index (χ2n) is 4.67. The molecule has 2 N–H and O–H groups in total. The standard InChI is InChI=1S/C14H22N4O3/c1-4-17(5-2)9-8-15-14(19)16-12-7-6-11(3)13(10-12)18(20)21/h6-7,10H,4-5,8-9H2,1-3H3,(H2,15,16,19). The predicted octanol–water partition coefficient (Wildman–Crippen LogP) is 2.37. The summed E-state index contributed by atoms with van der Waals surface area (Å²) in [6.07, 6.45) is 0. The van der Waals surface area contributed by atoms with Gasteiger partial charge in [-0.3, -0.25) is 10.1 Å². The number of hydrogen-bond donors (Lipinski definition) is 2. The third-order valence-electron chi connectivity index (χ3n) is 3.27. The SMILES string of the molecule is CCN(CC)CCNC(=O)Nc1ccc(C)c([N+](=O)[O-])c1. The van der Waals surface area contributed by atoms with Crippen molar-refractivity contribution in [1.29, 1.82) is 0 Å². The van der Waals surface area contributed by atoms with Crippen molar-refractivity contribution in [2.45, 2.75) is 20.8 Å². The lowest BCUT2D eigenvalue weighted by Gasteiger charge is -2.18. The molecule has 7 nitrogen and oxygen atoms in total. The van der Waals surface area contributed by atoms with Crippen molar-refractivity contribution in [3.63, 3.8) is 0 Å². The number of hydrogen-bond acceptors (Lipinski definition) is 4. The number of nitro groups is 1. The number of nitrogens with one attached hydrogen (secondary N) is 2. The highest BCUT2D eigenvalue weighted by Gasteiger charge is 2.12. The van der Waals surface area contributed by atoms with E-state index in [9.17, 15) is 14.9 Å². The molecule has 0 aromatic heterocycles. The molecule has 0 radical (unpaired) electrons. The van der Waals surface area contributed by atoms with Gasteiger partial charge >= 0.3 is 6.03 Å². The highest BCUT2D eigenvalue weighted by atomic mass is 16.6. The molecule has 2 amide bonds. The van der Waals surface area contributed by atoms with Crippen molar-refractivity contribution in [3.8, 4) is 0 Å². The van der Waals surface area contributed by atoms with Crippen molar-refractivity contribution in [2.24, 2.45) is 0 Å². The van der Waals surface area contributed by atoms with Crippen LogP contribution >= 0.6 is 0 Å². The van der Waals surface area contributed by atoms with Crippen LogP contribution in [0, 0.1) is 17.0 Å². The molecule has 0 bridgehead atoms. The second-order valence-corrected chi connectivity index (χ2v) is 4.67. The molecule has 0 aliphatic heterocycles. The summed E-state index contributed by atoms with van der Waals surface area (Å²) >= 11 is 0. The van der Waals surface area contributed by atoms with E-state index in [0.29, 0.717) is 17.8 Å². The first-order valence-electron chi connectivity index (χ1n) is 7.00. The lowest BCUT2D eigenvalue weighted by atomic mass is 10.2. The van der Waals surface area contributed by atoms with E-state index in [1.807, 2.05) is 0 Å². The van der Waals surface area contributed by atoms with Gasteiger partial charge in [-0.1, -0.05) is 19.9 Å². The molecule has 0 atom stereocenters. The first-order valence-corrected chi connectivity index (χ1v) is 7.00. The number of anilines is 1. The molecule has 7 heteroatoms. The van der Waals surface area contributed by atoms with E-state index in [1.165, 1.54) is 6.07 Å². The summed E-state index contributed by atoms with van der Waals surface area (Å²) in [5, 5.41) is 16.2. The molecular formula is C14H22N4O3. The maximum Gasteiger partial charge on any atom is 0.319 e. The van der Waals surface area contributed by atoms with Gasteiger partial charge < -0.3 is 15.5 Å². The molecule has 1 rings (SSSR count). The third-order valence-corrected chi connectivity index (χ3v) is 3.27. The molecule has 0 saturated heterocycles. The first kappa shape index (κ1) is 16.9. The van der Waals surface area contributed by atoms with E-state index in [0.717, 1.165) is 19.6 Å². The Balaban J connectivity index is 2.52. The molecule has 0 spiro atoms. The van der Waals surface area contributed by atoms with E-state index < -0.39 is 4.92 Å². The van der Waals surface area contributed by atoms with Gasteiger partial charge in [0.1, 0.15) is 0 Å². The van der Waals surface area contributed by atoms with Crippen LogP contribution in [-0.2, 0) is 0 Å². The second kappa shape index (κ2) is 8.21. The molecule has 0 heterocycles. The number of benzene rings is 1. The van der Waals surface area contributed by atoms with Gasteiger partial charge in [-0.25, -0.2) is 4.79 Å². The lowest BCUT2D eigenvalue weighted by molar-refractivity contribution is -0.385. The fraction of sp³-hybridized carbons (Fsp3) is 0.500. The number of urea groups is 1. The van der Waals surface area contributed by atoms with E-state index in [2.05, 4.69) is 29.4 Å². The van der Waals surface area contributed by atoms with Crippen LogP contribution in [0.3, 0.4) is 0 Å². The van der Waals surface area contributed by atoms with Crippen LogP contribution in [0.5, 0.6) is 0 Å². The molecule has 0 fully saturated rings. The van der Waals surface area contributed by atoms with Crippen LogP contribution in [-0.4, -0.2) is 42.0 Å². The number of rotatable bonds is 7. The summed E-state index contributed by atoms with van der Waals surface area (Å²) in [5.41, 5.74) is 0.969. The summed E-state index contributed by atoms with van der Waals surface area (Å²) in [4.78, 5) is 24.3. The summed E-state index contributed by atoms with van der Waals surface area (Å²) in [6.45, 7) is 8.96. The smallest absolute Gasteiger partial charge is 0.319 e. The minimum Gasteiger partial charge on any atom is -0.337 e. The van der Waals surface area contributed by atoms with Crippen LogP contribution in [0.4, 0.5) is 16.2 Å². The number of likely N-dealkylation sites (N-methyl/N-ethyl adjacent to an activating group) is 1. The van der Waals surface area contributed by atoms with Crippen LogP contribution in [0.1, 0.15) is 19.4 Å². The molecule has 0 aliphatic carbocycles. The van der Waals surface area contributed by atoms with E-state index in [-0.39, 0.29) is 11.7 Å². The fourth-order valence-electron chi connectivity index (χ4n) is 1.93. The Morgan fingerprint density at radius 2 is 2.00 bits per heavy atom. The Kier molecular flexibility index (Phi) is 6.61. The Morgan fingerprint density at radius 3 is 2.57 bits per heavy atom. The van der Waals surface area contributed by atoms with E-state index >= 15 is 0 Å². The number of nitro benzene ring substituents is 1. The van der Waals surface area contributed by atoms with Crippen molar-refractivity contribution < 1.29 is 9.72 Å². The average Bonchev–Trinajstić information content (AvgIpc) is 2.45. The predicted molar refractivity (Wildman–Crippen MR) is 82.6 cm³/mol. The van der Waals surface area contributed by atoms with Crippen LogP contribution in [0.15, 0.2) is 18.2 Å². The average molecular weight is 294 g/mol. The monoisotopic (exact) mass is 294 g/mol. The van der Waals surface area contributed by atoms with E-state index in [4.69, 9.17) is 0 Å². The summed E-state index contributed by atoms with van der Waals surface area (Å²) in [5.74, 6) is 0. The number of carbonyl (C=O) groups is 1. The molecule has 1 aromatic carbocycles. The van der Waals surface area contributed by atoms with Crippen molar-refractivity contribution >= 4 is 17.4 Å². The zero-order valence-electron chi connectivity index (χ0n) is 12.7. The number of carbonyl (C=O) groups excluding carboxylic acids is 1. The third kappa shape index (κ3) is 5.39. The van der Waals surface area contributed by atoms with Crippen LogP contribution in [0.25, 0.3) is 0 Å². The van der Waals surface area contributed by atoms with Gasteiger partial charge in [0, 0.05) is 30.4 Å². The Hall–Kier alpha value is -2.15. The van der Waals surface area contributed by atoms with E-state index in [1.54, 1.807) is 19.1 Å². The van der Waals surface area contributed by atoms with Gasteiger partial charge in [-0.15, -0.1) is 0 Å². The van der Waals surface area contributed by atoms with Crippen LogP contribution in [0.2, 0.25) is 0 Å². The van der Waals surface area contributed by atoms with Gasteiger partial charge in [0.15, 0.2) is 0 Å². The lowest BCUT2D eigenvalue weighted by Crippen LogP contribution is -2.36. The Bertz CT molecular complexity index is 501. The van der Waals surface area contributed by atoms with Gasteiger partial charge in [-0.2, -0.15) is 0 Å². The topological polar surface area (TPSA) is 87.5 Å². The molecule has 21 heavy (non-hydrogen) atoms. The Labute approximate surface area is 124 Å². The zero-order valence-corrected chi connectivity index (χ0v) is 12.7. The maximum absolute atomic E-state index is 11.7. The summed E-state index contributed by atoms with van der Waals surface area (Å²) in [6, 6.07) is 4.26. The molecule has 0 aliphatic rings. The highest BCUT2D eigenvalue weighted by Crippen LogP contribution is 2.22. The first-order chi connectivity index (χ1) is 9.97. The summed E-state index contributed by atoms with van der Waals surface area (Å²) in [7, 11) is 0. The van der Waals surface area contributed by atoms with Gasteiger partial charge in [-0.05, 0) is 26.1 Å². The normalized spacial score (nSPS) is 10.5. The number of nitrogens with zero attached hydrogens (tertiary/aromatic N) is 2. The van der Waals surface area contributed by atoms with Gasteiger partial charge in [0.25, 0.3) is 5.69 Å². The molecule has 116 valence electrons. The van der Waals surface area contributed by atoms with Crippen molar-refractivity contribution in [2.75, 3.05) is 31.5 Å². The van der Waals surface area contributed by atoms with Gasteiger partial charge in [0.2, 0.25) is 0 Å². The Morgan fingerprint density at radius 1 is 1.33 bits per heavy atom.